The van der Waals surface area contributed by atoms with E-state index in [2.05, 4.69) is 11.9 Å². The van der Waals surface area contributed by atoms with E-state index in [9.17, 15) is 4.79 Å². The van der Waals surface area contributed by atoms with Gasteiger partial charge in [-0.3, -0.25) is 9.78 Å². The van der Waals surface area contributed by atoms with Gasteiger partial charge in [-0.05, 0) is 18.1 Å². The molecule has 1 atom stereocenters. The molecule has 0 aliphatic carbocycles. The van der Waals surface area contributed by atoms with Gasteiger partial charge in [-0.15, -0.1) is 0 Å². The van der Waals surface area contributed by atoms with Crippen LogP contribution in [0, 0.1) is 0 Å². The number of carboxylic acid groups (broad SMARTS) is 1. The summed E-state index contributed by atoms with van der Waals surface area (Å²) < 4.78 is 0. The van der Waals surface area contributed by atoms with E-state index in [0.29, 0.717) is 6.42 Å². The Bertz CT molecular complexity index is 285. The number of pyridine rings is 1. The number of nitrogens with zero attached hydrogens (tertiary/aromatic N) is 1. The summed E-state index contributed by atoms with van der Waals surface area (Å²) in [5.74, 6) is -1.16. The van der Waals surface area contributed by atoms with Crippen LogP contribution in [0.5, 0.6) is 0 Å². The quantitative estimate of drug-likeness (QED) is 0.781. The largest absolute Gasteiger partial charge is 0.481 e. The van der Waals surface area contributed by atoms with Gasteiger partial charge in [0, 0.05) is 12.4 Å². The smallest absolute Gasteiger partial charge is 0.311 e. The minimum atomic E-state index is -0.758. The van der Waals surface area contributed by atoms with Gasteiger partial charge in [-0.2, -0.15) is 0 Å². The van der Waals surface area contributed by atoms with Crippen LogP contribution in [0.15, 0.2) is 24.5 Å². The summed E-state index contributed by atoms with van der Waals surface area (Å²) in [7, 11) is 0. The van der Waals surface area contributed by atoms with Crippen LogP contribution in [0.2, 0.25) is 0 Å². The fourth-order valence-corrected chi connectivity index (χ4v) is 1.42. The SMILES string of the molecule is CCCCC(C(=O)O)c1cccnc1. The van der Waals surface area contributed by atoms with E-state index in [-0.39, 0.29) is 0 Å². The van der Waals surface area contributed by atoms with Crippen LogP contribution in [0.4, 0.5) is 0 Å². The molecule has 0 saturated heterocycles. The van der Waals surface area contributed by atoms with E-state index in [1.54, 1.807) is 18.5 Å². The maximum Gasteiger partial charge on any atom is 0.311 e. The Morgan fingerprint density at radius 3 is 2.93 bits per heavy atom. The summed E-state index contributed by atoms with van der Waals surface area (Å²) in [6.07, 6.45) is 5.93. The van der Waals surface area contributed by atoms with Crippen molar-refractivity contribution in [3.8, 4) is 0 Å². The molecule has 1 aromatic heterocycles. The molecule has 0 amide bonds. The molecule has 3 heteroatoms. The van der Waals surface area contributed by atoms with Crippen molar-refractivity contribution in [1.82, 2.24) is 4.98 Å². The number of carbonyl (C=O) groups is 1. The highest BCUT2D eigenvalue weighted by molar-refractivity contribution is 5.75. The Balaban J connectivity index is 2.73. The molecular formula is C11H15NO2. The second-order valence-electron chi connectivity index (χ2n) is 3.32. The molecule has 1 heterocycles. The Morgan fingerprint density at radius 2 is 2.43 bits per heavy atom. The van der Waals surface area contributed by atoms with Gasteiger partial charge in [0.1, 0.15) is 0 Å². The van der Waals surface area contributed by atoms with Crippen molar-refractivity contribution in [1.29, 1.82) is 0 Å². The van der Waals surface area contributed by atoms with Crippen molar-refractivity contribution in [3.63, 3.8) is 0 Å². The van der Waals surface area contributed by atoms with Crippen molar-refractivity contribution < 1.29 is 9.90 Å². The maximum atomic E-state index is 11.0. The summed E-state index contributed by atoms with van der Waals surface area (Å²) in [5.41, 5.74) is 0.799. The molecule has 0 radical (unpaired) electrons. The summed E-state index contributed by atoms with van der Waals surface area (Å²) in [6, 6.07) is 3.60. The summed E-state index contributed by atoms with van der Waals surface area (Å²) in [4.78, 5) is 14.9. The van der Waals surface area contributed by atoms with Crippen LogP contribution >= 0.6 is 0 Å². The summed E-state index contributed by atoms with van der Waals surface area (Å²) >= 11 is 0. The normalized spacial score (nSPS) is 12.4. The van der Waals surface area contributed by atoms with Crippen molar-refractivity contribution in [2.24, 2.45) is 0 Å². The Labute approximate surface area is 83.8 Å². The topological polar surface area (TPSA) is 50.2 Å². The first kappa shape index (κ1) is 10.7. The van der Waals surface area contributed by atoms with Crippen molar-refractivity contribution in [2.75, 3.05) is 0 Å². The molecule has 0 bridgehead atoms. The van der Waals surface area contributed by atoms with Crippen molar-refractivity contribution in [2.45, 2.75) is 32.1 Å². The average molecular weight is 193 g/mol. The zero-order valence-corrected chi connectivity index (χ0v) is 8.31. The highest BCUT2D eigenvalue weighted by Gasteiger charge is 2.18. The van der Waals surface area contributed by atoms with E-state index in [1.807, 2.05) is 6.07 Å². The number of rotatable bonds is 5. The minimum Gasteiger partial charge on any atom is -0.481 e. The molecule has 1 rings (SSSR count). The zero-order chi connectivity index (χ0) is 10.4. The fourth-order valence-electron chi connectivity index (χ4n) is 1.42. The monoisotopic (exact) mass is 193 g/mol. The molecule has 0 aliphatic rings. The van der Waals surface area contributed by atoms with E-state index < -0.39 is 11.9 Å². The van der Waals surface area contributed by atoms with Crippen LogP contribution < -0.4 is 0 Å². The van der Waals surface area contributed by atoms with Crippen LogP contribution in [0.3, 0.4) is 0 Å². The van der Waals surface area contributed by atoms with Crippen LogP contribution in [0.25, 0.3) is 0 Å². The molecular weight excluding hydrogens is 178 g/mol. The van der Waals surface area contributed by atoms with Crippen molar-refractivity contribution >= 4 is 5.97 Å². The van der Waals surface area contributed by atoms with Gasteiger partial charge in [0.05, 0.1) is 5.92 Å². The Kier molecular flexibility index (Phi) is 4.11. The number of hydrogen-bond donors (Lipinski definition) is 1. The Morgan fingerprint density at radius 1 is 1.64 bits per heavy atom. The first-order valence-corrected chi connectivity index (χ1v) is 4.88. The molecule has 76 valence electrons. The summed E-state index contributed by atoms with van der Waals surface area (Å²) in [5, 5.41) is 9.03. The van der Waals surface area contributed by atoms with Crippen LogP contribution in [0.1, 0.15) is 37.7 Å². The molecule has 1 N–H and O–H groups in total. The lowest BCUT2D eigenvalue weighted by molar-refractivity contribution is -0.139. The van der Waals surface area contributed by atoms with Gasteiger partial charge in [-0.25, -0.2) is 0 Å². The predicted octanol–water partition coefficient (Wildman–Crippen LogP) is 2.44. The molecule has 0 aromatic carbocycles. The predicted molar refractivity (Wildman–Crippen MR) is 54.1 cm³/mol. The van der Waals surface area contributed by atoms with Gasteiger partial charge >= 0.3 is 5.97 Å². The molecule has 0 fully saturated rings. The van der Waals surface area contributed by atoms with Crippen LogP contribution in [-0.4, -0.2) is 16.1 Å². The van der Waals surface area contributed by atoms with Crippen molar-refractivity contribution in [3.05, 3.63) is 30.1 Å². The number of aliphatic carboxylic acids is 1. The van der Waals surface area contributed by atoms with Gasteiger partial charge < -0.3 is 5.11 Å². The third-order valence-corrected chi connectivity index (χ3v) is 2.23. The maximum absolute atomic E-state index is 11.0. The second kappa shape index (κ2) is 5.37. The third kappa shape index (κ3) is 2.83. The summed E-state index contributed by atoms with van der Waals surface area (Å²) in [6.45, 7) is 2.06. The molecule has 1 unspecified atom stereocenters. The molecule has 0 spiro atoms. The van der Waals surface area contributed by atoms with Gasteiger partial charge in [0.15, 0.2) is 0 Å². The molecule has 0 saturated carbocycles. The lowest BCUT2D eigenvalue weighted by atomic mass is 9.95. The molecule has 1 aromatic rings. The highest BCUT2D eigenvalue weighted by Crippen LogP contribution is 2.21. The first-order chi connectivity index (χ1) is 6.75. The lowest BCUT2D eigenvalue weighted by Gasteiger charge is -2.10. The average Bonchev–Trinajstić information content (AvgIpc) is 2.19. The van der Waals surface area contributed by atoms with Gasteiger partial charge in [0.25, 0.3) is 0 Å². The van der Waals surface area contributed by atoms with Gasteiger partial charge in [0.2, 0.25) is 0 Å². The van der Waals surface area contributed by atoms with Gasteiger partial charge in [-0.1, -0.05) is 25.8 Å². The standard InChI is InChI=1S/C11H15NO2/c1-2-3-6-10(11(13)14)9-5-4-7-12-8-9/h4-5,7-8,10H,2-3,6H2,1H3,(H,13,14). The first-order valence-electron chi connectivity index (χ1n) is 4.88. The Hall–Kier alpha value is -1.38. The zero-order valence-electron chi connectivity index (χ0n) is 8.31. The second-order valence-corrected chi connectivity index (χ2v) is 3.32. The van der Waals surface area contributed by atoms with E-state index >= 15 is 0 Å². The molecule has 0 aliphatic heterocycles. The molecule has 14 heavy (non-hydrogen) atoms. The number of aromatic nitrogens is 1. The highest BCUT2D eigenvalue weighted by atomic mass is 16.4. The minimum absolute atomic E-state index is 0.399. The third-order valence-electron chi connectivity index (χ3n) is 2.23. The molecule has 3 nitrogen and oxygen atoms in total. The number of hydrogen-bond acceptors (Lipinski definition) is 2. The van der Waals surface area contributed by atoms with Crippen LogP contribution in [-0.2, 0) is 4.79 Å². The van der Waals surface area contributed by atoms with E-state index in [4.69, 9.17) is 5.11 Å². The van der Waals surface area contributed by atoms with E-state index in [1.165, 1.54) is 0 Å². The number of carboxylic acids is 1. The number of unbranched alkanes of at least 4 members (excludes halogenated alkanes) is 1. The lowest BCUT2D eigenvalue weighted by Crippen LogP contribution is -2.11. The fraction of sp³-hybridized carbons (Fsp3) is 0.455. The van der Waals surface area contributed by atoms with E-state index in [0.717, 1.165) is 18.4 Å².